The van der Waals surface area contributed by atoms with E-state index < -0.39 is 10.0 Å². The summed E-state index contributed by atoms with van der Waals surface area (Å²) in [5.41, 5.74) is 6.58. The lowest BCUT2D eigenvalue weighted by atomic mass is 10.2. The molecule has 2 rings (SSSR count). The summed E-state index contributed by atoms with van der Waals surface area (Å²) in [5.74, 6) is 0. The second-order valence-corrected chi connectivity index (χ2v) is 8.26. The SMILES string of the molecule is CN(c1ccccc1C(N)=S)S(=O)(=O)c1ccc(Cl)s1. The Balaban J connectivity index is 2.51. The Bertz CT molecular complexity index is 756. The maximum Gasteiger partial charge on any atom is 0.273 e. The van der Waals surface area contributed by atoms with Crippen LogP contribution < -0.4 is 10.0 Å². The van der Waals surface area contributed by atoms with Crippen LogP contribution >= 0.6 is 35.2 Å². The highest BCUT2D eigenvalue weighted by Crippen LogP contribution is 2.31. The summed E-state index contributed by atoms with van der Waals surface area (Å²) >= 11 is 11.7. The molecule has 0 radical (unpaired) electrons. The molecule has 0 saturated carbocycles. The molecular formula is C12H11ClN2O2S3. The summed E-state index contributed by atoms with van der Waals surface area (Å²) in [5, 5.41) is 0. The molecule has 0 unspecified atom stereocenters. The van der Waals surface area contributed by atoms with Crippen molar-refractivity contribution in [3.05, 3.63) is 46.3 Å². The van der Waals surface area contributed by atoms with Crippen molar-refractivity contribution in [3.8, 4) is 0 Å². The average Bonchev–Trinajstić information content (AvgIpc) is 2.85. The number of thiophene rings is 1. The standard InChI is InChI=1S/C12H11ClN2O2S3/c1-15(9-5-3-2-4-8(9)12(14)18)20(16,17)11-7-6-10(13)19-11/h2-7H,1H3,(H2,14,18). The molecule has 0 amide bonds. The second-order valence-electron chi connectivity index (χ2n) is 3.91. The minimum atomic E-state index is -3.67. The zero-order valence-corrected chi connectivity index (χ0v) is 13.6. The predicted molar refractivity (Wildman–Crippen MR) is 87.2 cm³/mol. The number of halogens is 1. The van der Waals surface area contributed by atoms with E-state index in [4.69, 9.17) is 29.6 Å². The Morgan fingerprint density at radius 3 is 2.50 bits per heavy atom. The second kappa shape index (κ2) is 5.69. The summed E-state index contributed by atoms with van der Waals surface area (Å²) in [4.78, 5) is 0.145. The van der Waals surface area contributed by atoms with Gasteiger partial charge in [0.15, 0.2) is 0 Å². The number of hydrogen-bond acceptors (Lipinski definition) is 4. The van der Waals surface area contributed by atoms with E-state index in [9.17, 15) is 8.42 Å². The van der Waals surface area contributed by atoms with Gasteiger partial charge in [-0.3, -0.25) is 4.31 Å². The molecule has 0 fully saturated rings. The van der Waals surface area contributed by atoms with Gasteiger partial charge in [0.05, 0.1) is 10.0 Å². The van der Waals surface area contributed by atoms with Crippen LogP contribution in [0.1, 0.15) is 5.56 Å². The van der Waals surface area contributed by atoms with Crippen LogP contribution in [0.2, 0.25) is 4.34 Å². The van der Waals surface area contributed by atoms with E-state index in [0.717, 1.165) is 15.6 Å². The van der Waals surface area contributed by atoms with Crippen LogP contribution in [0.4, 0.5) is 5.69 Å². The van der Waals surface area contributed by atoms with Gasteiger partial charge < -0.3 is 5.73 Å². The number of hydrogen-bond donors (Lipinski definition) is 1. The minimum Gasteiger partial charge on any atom is -0.389 e. The van der Waals surface area contributed by atoms with Gasteiger partial charge in [0, 0.05) is 12.6 Å². The molecule has 0 saturated heterocycles. The molecule has 8 heteroatoms. The lowest BCUT2D eigenvalue weighted by Crippen LogP contribution is -2.28. The number of thiocarbonyl (C=S) groups is 1. The zero-order chi connectivity index (χ0) is 14.9. The van der Waals surface area contributed by atoms with Crippen molar-refractivity contribution >= 4 is 55.9 Å². The van der Waals surface area contributed by atoms with E-state index in [1.54, 1.807) is 30.3 Å². The van der Waals surface area contributed by atoms with Crippen molar-refractivity contribution in [2.24, 2.45) is 5.73 Å². The van der Waals surface area contributed by atoms with Crippen molar-refractivity contribution in [1.82, 2.24) is 0 Å². The first-order valence-electron chi connectivity index (χ1n) is 5.47. The minimum absolute atomic E-state index is 0.145. The number of nitrogens with two attached hydrogens (primary N) is 1. The maximum atomic E-state index is 12.5. The highest BCUT2D eigenvalue weighted by molar-refractivity contribution is 7.94. The van der Waals surface area contributed by atoms with Gasteiger partial charge in [-0.05, 0) is 24.3 Å². The Hall–Kier alpha value is -1.15. The van der Waals surface area contributed by atoms with Gasteiger partial charge >= 0.3 is 0 Å². The first-order valence-corrected chi connectivity index (χ1v) is 8.51. The molecule has 0 spiro atoms. The number of benzene rings is 1. The fourth-order valence-corrected chi connectivity index (χ4v) is 4.70. The van der Waals surface area contributed by atoms with Crippen molar-refractivity contribution < 1.29 is 8.42 Å². The van der Waals surface area contributed by atoms with Crippen molar-refractivity contribution in [2.45, 2.75) is 4.21 Å². The Kier molecular flexibility index (Phi) is 4.33. The largest absolute Gasteiger partial charge is 0.389 e. The van der Waals surface area contributed by atoms with E-state index >= 15 is 0 Å². The summed E-state index contributed by atoms with van der Waals surface area (Å²) in [7, 11) is -2.22. The molecule has 0 bridgehead atoms. The third-order valence-corrected chi connectivity index (χ3v) is 6.36. The molecule has 106 valence electrons. The zero-order valence-electron chi connectivity index (χ0n) is 10.4. The molecule has 2 aromatic rings. The Labute approximate surface area is 131 Å². The van der Waals surface area contributed by atoms with Gasteiger partial charge in [-0.25, -0.2) is 8.42 Å². The summed E-state index contributed by atoms with van der Waals surface area (Å²) < 4.78 is 26.8. The first-order chi connectivity index (χ1) is 9.34. The smallest absolute Gasteiger partial charge is 0.273 e. The van der Waals surface area contributed by atoms with Crippen LogP contribution in [0.3, 0.4) is 0 Å². The van der Waals surface area contributed by atoms with Crippen LogP contribution in [0.15, 0.2) is 40.6 Å². The molecule has 0 atom stereocenters. The topological polar surface area (TPSA) is 63.4 Å². The molecule has 0 aliphatic carbocycles. The molecule has 0 aliphatic heterocycles. The highest BCUT2D eigenvalue weighted by Gasteiger charge is 2.25. The van der Waals surface area contributed by atoms with Crippen LogP contribution in [0.25, 0.3) is 0 Å². The van der Waals surface area contributed by atoms with Gasteiger partial charge in [-0.2, -0.15) is 0 Å². The normalized spacial score (nSPS) is 11.3. The van der Waals surface area contributed by atoms with E-state index in [1.165, 1.54) is 13.1 Å². The van der Waals surface area contributed by atoms with Crippen molar-refractivity contribution in [3.63, 3.8) is 0 Å². The molecule has 1 aromatic carbocycles. The maximum absolute atomic E-state index is 12.5. The van der Waals surface area contributed by atoms with Crippen LogP contribution in [-0.2, 0) is 10.0 Å². The van der Waals surface area contributed by atoms with Gasteiger partial charge in [0.25, 0.3) is 10.0 Å². The Morgan fingerprint density at radius 1 is 1.30 bits per heavy atom. The molecular weight excluding hydrogens is 336 g/mol. The van der Waals surface area contributed by atoms with E-state index in [0.29, 0.717) is 15.6 Å². The fourth-order valence-electron chi connectivity index (χ4n) is 1.66. The summed E-state index contributed by atoms with van der Waals surface area (Å²) in [6.07, 6.45) is 0. The summed E-state index contributed by atoms with van der Waals surface area (Å²) in [6.45, 7) is 0. The van der Waals surface area contributed by atoms with Crippen LogP contribution in [0.5, 0.6) is 0 Å². The van der Waals surface area contributed by atoms with E-state index in [2.05, 4.69) is 0 Å². The number of sulfonamides is 1. The van der Waals surface area contributed by atoms with Gasteiger partial charge in [0.1, 0.15) is 9.20 Å². The third-order valence-electron chi connectivity index (χ3n) is 2.67. The number of nitrogens with zero attached hydrogens (tertiary/aromatic N) is 1. The van der Waals surface area contributed by atoms with Crippen LogP contribution in [-0.4, -0.2) is 20.5 Å². The molecule has 1 aromatic heterocycles. The number of rotatable bonds is 4. The van der Waals surface area contributed by atoms with E-state index in [-0.39, 0.29) is 9.20 Å². The molecule has 2 N–H and O–H groups in total. The monoisotopic (exact) mass is 346 g/mol. The lowest BCUT2D eigenvalue weighted by molar-refractivity contribution is 0.596. The van der Waals surface area contributed by atoms with Gasteiger partial charge in [-0.15, -0.1) is 11.3 Å². The number of para-hydroxylation sites is 1. The fraction of sp³-hybridized carbons (Fsp3) is 0.0833. The first kappa shape index (κ1) is 15.2. The molecule has 20 heavy (non-hydrogen) atoms. The number of anilines is 1. The van der Waals surface area contributed by atoms with Crippen molar-refractivity contribution in [2.75, 3.05) is 11.4 Å². The molecule has 4 nitrogen and oxygen atoms in total. The third kappa shape index (κ3) is 2.80. The molecule has 0 aliphatic rings. The predicted octanol–water partition coefficient (Wildman–Crippen LogP) is 2.86. The van der Waals surface area contributed by atoms with E-state index in [1.807, 2.05) is 0 Å². The molecule has 1 heterocycles. The van der Waals surface area contributed by atoms with Gasteiger partial charge in [-0.1, -0.05) is 36.0 Å². The van der Waals surface area contributed by atoms with Crippen molar-refractivity contribution in [1.29, 1.82) is 0 Å². The quantitative estimate of drug-likeness (QED) is 0.865. The summed E-state index contributed by atoms with van der Waals surface area (Å²) in [6, 6.07) is 9.84. The Morgan fingerprint density at radius 2 is 1.95 bits per heavy atom. The lowest BCUT2D eigenvalue weighted by Gasteiger charge is -2.21. The van der Waals surface area contributed by atoms with Gasteiger partial charge in [0.2, 0.25) is 0 Å². The van der Waals surface area contributed by atoms with Crippen LogP contribution in [0, 0.1) is 0 Å². The average molecular weight is 347 g/mol. The highest BCUT2D eigenvalue weighted by atomic mass is 35.5.